The maximum Gasteiger partial charge on any atom is 0.408 e. The topological polar surface area (TPSA) is 134 Å². The summed E-state index contributed by atoms with van der Waals surface area (Å²) in [6.45, 7) is 12.2. The van der Waals surface area contributed by atoms with Gasteiger partial charge in [0.25, 0.3) is 0 Å². The highest BCUT2D eigenvalue weighted by atomic mass is 16.6. The van der Waals surface area contributed by atoms with E-state index in [2.05, 4.69) is 10.6 Å². The molecule has 1 rings (SSSR count). The second-order valence-corrected chi connectivity index (χ2v) is 9.52. The Morgan fingerprint density at radius 2 is 1.78 bits per heavy atom. The van der Waals surface area contributed by atoms with Crippen molar-refractivity contribution in [3.8, 4) is 0 Å². The molecule has 2 atom stereocenters. The zero-order valence-corrected chi connectivity index (χ0v) is 22.5. The minimum Gasteiger partial charge on any atom is -0.466 e. The third-order valence-corrected chi connectivity index (χ3v) is 5.13. The molecule has 0 fully saturated rings. The number of alkyl carbamates (subject to hydrolysis) is 1. The van der Waals surface area contributed by atoms with E-state index >= 15 is 0 Å². The predicted octanol–water partition coefficient (Wildman–Crippen LogP) is 2.54. The number of nitrogens with zero attached hydrogens (tertiary/aromatic N) is 1. The Morgan fingerprint density at radius 3 is 2.31 bits per heavy atom. The van der Waals surface area contributed by atoms with Crippen molar-refractivity contribution in [3.63, 3.8) is 0 Å². The molecule has 0 aliphatic heterocycles. The highest BCUT2D eigenvalue weighted by molar-refractivity contribution is 5.92. The van der Waals surface area contributed by atoms with Crippen LogP contribution in [0.15, 0.2) is 18.2 Å². The molecule has 0 heterocycles. The van der Waals surface area contributed by atoms with Crippen molar-refractivity contribution < 1.29 is 33.8 Å². The van der Waals surface area contributed by atoms with E-state index in [1.54, 1.807) is 33.8 Å². The standard InChI is InChI=1S/C26H41N3O7/c1-8-14-29(24(33)20(16-30)28-25(34)36-26(5,6)7)22(19-11-10-17(3)15-18(19)4)23(32)27-13-12-21(31)35-9-2/h10-11,15,20,22,30H,8-9,12-14,16H2,1-7H3,(H,27,32)(H,28,34). The van der Waals surface area contributed by atoms with Crippen LogP contribution in [0.4, 0.5) is 4.79 Å². The van der Waals surface area contributed by atoms with Gasteiger partial charge in [0.15, 0.2) is 0 Å². The molecule has 0 aromatic heterocycles. The third-order valence-electron chi connectivity index (χ3n) is 5.13. The molecule has 1 aromatic carbocycles. The van der Waals surface area contributed by atoms with Crippen LogP contribution >= 0.6 is 0 Å². The molecule has 202 valence electrons. The molecule has 3 N–H and O–H groups in total. The summed E-state index contributed by atoms with van der Waals surface area (Å²) in [7, 11) is 0. The number of hydrogen-bond donors (Lipinski definition) is 3. The lowest BCUT2D eigenvalue weighted by Crippen LogP contribution is -2.54. The Labute approximate surface area is 213 Å². The van der Waals surface area contributed by atoms with Gasteiger partial charge in [-0.25, -0.2) is 4.79 Å². The molecular formula is C26H41N3O7. The highest BCUT2D eigenvalue weighted by Gasteiger charge is 2.36. The van der Waals surface area contributed by atoms with Gasteiger partial charge in [-0.3, -0.25) is 14.4 Å². The minimum absolute atomic E-state index is 0.0135. The van der Waals surface area contributed by atoms with Crippen molar-refractivity contribution in [1.82, 2.24) is 15.5 Å². The largest absolute Gasteiger partial charge is 0.466 e. The Bertz CT molecular complexity index is 911. The average Bonchev–Trinajstić information content (AvgIpc) is 2.77. The Morgan fingerprint density at radius 1 is 1.11 bits per heavy atom. The van der Waals surface area contributed by atoms with Crippen LogP contribution in [0.25, 0.3) is 0 Å². The summed E-state index contributed by atoms with van der Waals surface area (Å²) in [6.07, 6.45) is -0.345. The molecule has 0 saturated heterocycles. The van der Waals surface area contributed by atoms with Crippen LogP contribution in [0.2, 0.25) is 0 Å². The van der Waals surface area contributed by atoms with Crippen molar-refractivity contribution in [3.05, 3.63) is 34.9 Å². The summed E-state index contributed by atoms with van der Waals surface area (Å²) in [6, 6.07) is 3.18. The quantitative estimate of drug-likeness (QED) is 0.370. The first-order valence-electron chi connectivity index (χ1n) is 12.3. The summed E-state index contributed by atoms with van der Waals surface area (Å²) in [5.41, 5.74) is 1.60. The number of aliphatic hydroxyl groups is 1. The average molecular weight is 508 g/mol. The molecule has 10 heteroatoms. The molecule has 0 bridgehead atoms. The fraction of sp³-hybridized carbons (Fsp3) is 0.615. The van der Waals surface area contributed by atoms with E-state index in [1.807, 2.05) is 32.9 Å². The number of nitrogens with one attached hydrogen (secondary N) is 2. The van der Waals surface area contributed by atoms with Gasteiger partial charge in [0.2, 0.25) is 11.8 Å². The van der Waals surface area contributed by atoms with E-state index in [1.165, 1.54) is 4.90 Å². The van der Waals surface area contributed by atoms with E-state index in [0.717, 1.165) is 11.1 Å². The van der Waals surface area contributed by atoms with Gasteiger partial charge in [-0.1, -0.05) is 30.7 Å². The first kappa shape index (κ1) is 30.9. The molecule has 0 radical (unpaired) electrons. The van der Waals surface area contributed by atoms with Crippen LogP contribution < -0.4 is 10.6 Å². The summed E-state index contributed by atoms with van der Waals surface area (Å²) in [5, 5.41) is 15.1. The van der Waals surface area contributed by atoms with E-state index in [4.69, 9.17) is 9.47 Å². The molecule has 0 saturated carbocycles. The van der Waals surface area contributed by atoms with E-state index in [0.29, 0.717) is 12.0 Å². The van der Waals surface area contributed by atoms with Crippen molar-refractivity contribution in [1.29, 1.82) is 0 Å². The number of amides is 3. The molecule has 1 aromatic rings. The van der Waals surface area contributed by atoms with Gasteiger partial charge in [-0.15, -0.1) is 0 Å². The lowest BCUT2D eigenvalue weighted by molar-refractivity contribution is -0.144. The Hall–Kier alpha value is -3.14. The number of ether oxygens (including phenoxy) is 2. The van der Waals surface area contributed by atoms with Crippen LogP contribution in [0.3, 0.4) is 0 Å². The van der Waals surface area contributed by atoms with Gasteiger partial charge in [0, 0.05) is 13.1 Å². The predicted molar refractivity (Wildman–Crippen MR) is 135 cm³/mol. The monoisotopic (exact) mass is 507 g/mol. The van der Waals surface area contributed by atoms with Crippen LogP contribution in [0, 0.1) is 13.8 Å². The Balaban J connectivity index is 3.31. The maximum atomic E-state index is 13.6. The molecule has 3 amide bonds. The number of carbonyl (C=O) groups excluding carboxylic acids is 4. The number of benzene rings is 1. The fourth-order valence-electron chi connectivity index (χ4n) is 3.64. The number of carbonyl (C=O) groups is 4. The smallest absolute Gasteiger partial charge is 0.408 e. The molecule has 36 heavy (non-hydrogen) atoms. The molecular weight excluding hydrogens is 466 g/mol. The molecule has 0 spiro atoms. The van der Waals surface area contributed by atoms with Crippen LogP contribution in [0.1, 0.15) is 70.2 Å². The number of hydrogen-bond acceptors (Lipinski definition) is 7. The van der Waals surface area contributed by atoms with Gasteiger partial charge in [-0.2, -0.15) is 0 Å². The van der Waals surface area contributed by atoms with Crippen LogP contribution in [-0.2, 0) is 23.9 Å². The second-order valence-electron chi connectivity index (χ2n) is 9.52. The van der Waals surface area contributed by atoms with Gasteiger partial charge in [-0.05, 0) is 59.1 Å². The van der Waals surface area contributed by atoms with Gasteiger partial charge >= 0.3 is 12.1 Å². The van der Waals surface area contributed by atoms with Crippen molar-refractivity contribution >= 4 is 23.9 Å². The van der Waals surface area contributed by atoms with E-state index < -0.39 is 48.2 Å². The van der Waals surface area contributed by atoms with Gasteiger partial charge in [0.05, 0.1) is 19.6 Å². The summed E-state index contributed by atoms with van der Waals surface area (Å²) >= 11 is 0. The molecule has 2 unspecified atom stereocenters. The van der Waals surface area contributed by atoms with Crippen molar-refractivity contribution in [2.75, 3.05) is 26.3 Å². The first-order chi connectivity index (χ1) is 16.8. The number of esters is 1. The van der Waals surface area contributed by atoms with Crippen LogP contribution in [-0.4, -0.2) is 71.8 Å². The maximum absolute atomic E-state index is 13.6. The summed E-state index contributed by atoms with van der Waals surface area (Å²) < 4.78 is 10.1. The third kappa shape index (κ3) is 9.85. The zero-order valence-electron chi connectivity index (χ0n) is 22.5. The SMILES string of the molecule is CCCN(C(=O)C(CO)NC(=O)OC(C)(C)C)C(C(=O)NCCC(=O)OCC)c1ccc(C)cc1C. The summed E-state index contributed by atoms with van der Waals surface area (Å²) in [4.78, 5) is 52.4. The number of rotatable bonds is 12. The van der Waals surface area contributed by atoms with E-state index in [9.17, 15) is 24.3 Å². The normalized spacial score (nSPS) is 12.8. The minimum atomic E-state index is -1.31. The molecule has 0 aliphatic carbocycles. The van der Waals surface area contributed by atoms with Gasteiger partial charge < -0.3 is 30.1 Å². The molecule has 10 nitrogen and oxygen atoms in total. The summed E-state index contributed by atoms with van der Waals surface area (Å²) in [5.74, 6) is -1.55. The number of aryl methyl sites for hydroxylation is 2. The molecule has 0 aliphatic rings. The Kier molecular flexibility index (Phi) is 12.4. The van der Waals surface area contributed by atoms with Crippen LogP contribution in [0.5, 0.6) is 0 Å². The highest BCUT2D eigenvalue weighted by Crippen LogP contribution is 2.26. The van der Waals surface area contributed by atoms with E-state index in [-0.39, 0.29) is 26.1 Å². The van der Waals surface area contributed by atoms with Gasteiger partial charge in [0.1, 0.15) is 17.7 Å². The lowest BCUT2D eigenvalue weighted by Gasteiger charge is -2.34. The van der Waals surface area contributed by atoms with Crippen molar-refractivity contribution in [2.45, 2.75) is 79.0 Å². The lowest BCUT2D eigenvalue weighted by atomic mass is 9.96. The number of aliphatic hydroxyl groups excluding tert-OH is 1. The second kappa shape index (κ2) is 14.4. The fourth-order valence-corrected chi connectivity index (χ4v) is 3.64. The van der Waals surface area contributed by atoms with Crippen molar-refractivity contribution in [2.24, 2.45) is 0 Å². The first-order valence-corrected chi connectivity index (χ1v) is 12.3. The zero-order chi connectivity index (χ0) is 27.5.